The van der Waals surface area contributed by atoms with Crippen molar-refractivity contribution in [2.75, 3.05) is 0 Å². The van der Waals surface area contributed by atoms with Gasteiger partial charge < -0.3 is 4.74 Å². The molecule has 1 heteroatoms. The second kappa shape index (κ2) is 6.09. The number of hydrogen-bond donors (Lipinski definition) is 0. The minimum atomic E-state index is 0.0172. The highest BCUT2D eigenvalue weighted by atomic mass is 16.5. The van der Waals surface area contributed by atoms with Crippen LogP contribution in [-0.2, 0) is 0 Å². The zero-order valence-corrected chi connectivity index (χ0v) is 16.7. The molecule has 0 aromatic heterocycles. The van der Waals surface area contributed by atoms with Crippen molar-refractivity contribution in [2.45, 2.75) is 31.3 Å². The molecule has 4 aliphatic carbocycles. The fraction of sp³-hybridized carbons (Fsp3) is 0.172. The lowest BCUT2D eigenvalue weighted by atomic mass is 9.81. The third-order valence-electron chi connectivity index (χ3n) is 7.06. The zero-order chi connectivity index (χ0) is 19.7. The van der Waals surface area contributed by atoms with E-state index in [9.17, 15) is 0 Å². The van der Waals surface area contributed by atoms with Crippen molar-refractivity contribution in [3.8, 4) is 5.75 Å². The van der Waals surface area contributed by atoms with Gasteiger partial charge >= 0.3 is 0 Å². The Morgan fingerprint density at radius 2 is 2.00 bits per heavy atom. The maximum atomic E-state index is 6.44. The van der Waals surface area contributed by atoms with Crippen LogP contribution in [-0.4, -0.2) is 6.10 Å². The van der Waals surface area contributed by atoms with Crippen molar-refractivity contribution in [3.05, 3.63) is 97.8 Å². The van der Waals surface area contributed by atoms with Gasteiger partial charge in [0.2, 0.25) is 0 Å². The third-order valence-corrected chi connectivity index (χ3v) is 7.06. The molecule has 1 radical (unpaired) electrons. The Balaban J connectivity index is 1.36. The number of hydrogen-bond acceptors (Lipinski definition) is 1. The molecule has 0 bridgehead atoms. The van der Waals surface area contributed by atoms with Crippen LogP contribution in [0.4, 0.5) is 0 Å². The molecule has 2 atom stereocenters. The van der Waals surface area contributed by atoms with Gasteiger partial charge in [-0.3, -0.25) is 0 Å². The van der Waals surface area contributed by atoms with E-state index in [0.29, 0.717) is 0 Å². The van der Waals surface area contributed by atoms with E-state index >= 15 is 0 Å². The van der Waals surface area contributed by atoms with Crippen molar-refractivity contribution in [1.82, 2.24) is 0 Å². The van der Waals surface area contributed by atoms with E-state index in [0.717, 1.165) is 12.2 Å². The molecule has 2 aromatic carbocycles. The Bertz CT molecular complexity index is 1490. The minimum absolute atomic E-state index is 0.0172. The van der Waals surface area contributed by atoms with Crippen molar-refractivity contribution in [1.29, 1.82) is 0 Å². The molecule has 2 aromatic rings. The first-order valence-electron chi connectivity index (χ1n) is 10.9. The summed E-state index contributed by atoms with van der Waals surface area (Å²) in [6.45, 7) is 0. The molecule has 2 unspecified atom stereocenters. The van der Waals surface area contributed by atoms with Crippen LogP contribution in [0.5, 0.6) is 5.75 Å². The average molecular weight is 385 g/mol. The number of ether oxygens (including phenoxy) is 1. The SMILES string of the molecule is [C]1=c2c(ccc3c2=CC(C2C=CC=c4c2ccc2c4=CCC4=C2C=CCC4)O3)C=C1. The van der Waals surface area contributed by atoms with Gasteiger partial charge in [0.25, 0.3) is 0 Å². The van der Waals surface area contributed by atoms with E-state index < -0.39 is 0 Å². The predicted octanol–water partition coefficient (Wildman–Crippen LogP) is 3.33. The summed E-state index contributed by atoms with van der Waals surface area (Å²) >= 11 is 0. The fourth-order valence-corrected chi connectivity index (χ4v) is 5.60. The summed E-state index contributed by atoms with van der Waals surface area (Å²) in [6, 6.07) is 8.90. The van der Waals surface area contributed by atoms with Crippen LogP contribution >= 0.6 is 0 Å². The van der Waals surface area contributed by atoms with Gasteiger partial charge in [-0.15, -0.1) is 0 Å². The van der Waals surface area contributed by atoms with Gasteiger partial charge in [0.15, 0.2) is 0 Å². The lowest BCUT2D eigenvalue weighted by molar-refractivity contribution is 0.258. The number of benzene rings is 2. The Hall–Kier alpha value is -3.32. The Labute approximate surface area is 175 Å². The lowest BCUT2D eigenvalue weighted by Gasteiger charge is -2.26. The standard InChI is InChI=1S/C29H21O/c1-2-7-20-18(5-1)11-13-24-22-9-4-10-26(25(22)15-14-23(20)24)29-17-27-21-8-3-6-19(21)12-16-28(27)30-29/h2-4,6-7,9-10,12-17,26,29H,1,5,11H2. The van der Waals surface area contributed by atoms with E-state index in [1.807, 2.05) is 6.08 Å². The van der Waals surface area contributed by atoms with Gasteiger partial charge in [-0.05, 0) is 70.2 Å². The molecule has 1 heterocycles. The summed E-state index contributed by atoms with van der Waals surface area (Å²) in [5, 5.41) is 5.13. The number of fused-ring (bicyclic) bond motifs is 7. The van der Waals surface area contributed by atoms with Crippen molar-refractivity contribution in [2.24, 2.45) is 0 Å². The van der Waals surface area contributed by atoms with E-state index in [-0.39, 0.29) is 12.0 Å². The molecule has 0 fully saturated rings. The molecule has 1 aliphatic heterocycles. The van der Waals surface area contributed by atoms with Gasteiger partial charge in [-0.2, -0.15) is 0 Å². The van der Waals surface area contributed by atoms with E-state index in [1.165, 1.54) is 56.0 Å². The maximum Gasteiger partial charge on any atom is 0.128 e. The van der Waals surface area contributed by atoms with E-state index in [2.05, 4.69) is 78.9 Å². The van der Waals surface area contributed by atoms with Gasteiger partial charge in [0, 0.05) is 16.4 Å². The van der Waals surface area contributed by atoms with E-state index in [4.69, 9.17) is 4.74 Å². The zero-order valence-electron chi connectivity index (χ0n) is 16.7. The quantitative estimate of drug-likeness (QED) is 0.732. The minimum Gasteiger partial charge on any atom is -0.485 e. The highest BCUT2D eigenvalue weighted by molar-refractivity contribution is 5.82. The molecule has 0 saturated carbocycles. The van der Waals surface area contributed by atoms with Crippen LogP contribution < -0.4 is 25.6 Å². The molecule has 0 saturated heterocycles. The highest BCUT2D eigenvalue weighted by Crippen LogP contribution is 2.32. The highest BCUT2D eigenvalue weighted by Gasteiger charge is 2.28. The van der Waals surface area contributed by atoms with Crippen molar-refractivity contribution in [3.63, 3.8) is 0 Å². The van der Waals surface area contributed by atoms with Gasteiger partial charge in [-0.25, -0.2) is 0 Å². The molecule has 0 spiro atoms. The van der Waals surface area contributed by atoms with Crippen molar-refractivity contribution >= 4 is 36.0 Å². The Kier molecular flexibility index (Phi) is 3.34. The maximum absolute atomic E-state index is 6.44. The Morgan fingerprint density at radius 3 is 3.00 bits per heavy atom. The first kappa shape index (κ1) is 16.5. The first-order valence-corrected chi connectivity index (χ1v) is 10.9. The summed E-state index contributed by atoms with van der Waals surface area (Å²) in [5.74, 6) is 1.20. The van der Waals surface area contributed by atoms with Crippen LogP contribution in [0, 0.1) is 0 Å². The average Bonchev–Trinajstić information content (AvgIpc) is 3.44. The monoisotopic (exact) mass is 385 g/mol. The second-order valence-corrected chi connectivity index (χ2v) is 8.64. The Morgan fingerprint density at radius 1 is 1.00 bits per heavy atom. The van der Waals surface area contributed by atoms with Gasteiger partial charge in [0.05, 0.1) is 0 Å². The van der Waals surface area contributed by atoms with Gasteiger partial charge in [-0.1, -0.05) is 72.4 Å². The molecule has 5 aliphatic rings. The van der Waals surface area contributed by atoms with Crippen LogP contribution in [0.2, 0.25) is 0 Å². The third kappa shape index (κ3) is 2.24. The normalized spacial score (nSPS) is 23.7. The largest absolute Gasteiger partial charge is 0.485 e. The van der Waals surface area contributed by atoms with Crippen LogP contribution in [0.15, 0.2) is 60.2 Å². The van der Waals surface area contributed by atoms with Crippen LogP contribution in [0.25, 0.3) is 36.0 Å². The van der Waals surface area contributed by atoms with Crippen LogP contribution in [0.3, 0.4) is 0 Å². The summed E-state index contributed by atoms with van der Waals surface area (Å²) in [6.07, 6.45) is 27.1. The predicted molar refractivity (Wildman–Crippen MR) is 123 cm³/mol. The summed E-state index contributed by atoms with van der Waals surface area (Å²) in [7, 11) is 0. The van der Waals surface area contributed by atoms with Crippen LogP contribution in [0.1, 0.15) is 41.9 Å². The summed E-state index contributed by atoms with van der Waals surface area (Å²) in [4.78, 5) is 0. The van der Waals surface area contributed by atoms with E-state index in [1.54, 1.807) is 5.57 Å². The number of allylic oxidation sites excluding steroid dienone is 6. The summed E-state index contributed by atoms with van der Waals surface area (Å²) in [5.41, 5.74) is 7.03. The molecule has 7 rings (SSSR count). The molecule has 0 N–H and O–H groups in total. The fourth-order valence-electron chi connectivity index (χ4n) is 5.60. The number of rotatable bonds is 1. The molecular weight excluding hydrogens is 364 g/mol. The topological polar surface area (TPSA) is 9.23 Å². The van der Waals surface area contributed by atoms with Gasteiger partial charge in [0.1, 0.15) is 11.9 Å². The smallest absolute Gasteiger partial charge is 0.128 e. The molecule has 1 nitrogen and oxygen atoms in total. The summed E-state index contributed by atoms with van der Waals surface area (Å²) < 4.78 is 6.44. The molecule has 0 amide bonds. The lowest BCUT2D eigenvalue weighted by Crippen LogP contribution is -2.37. The first-order chi connectivity index (χ1) is 14.9. The van der Waals surface area contributed by atoms with Crippen molar-refractivity contribution < 1.29 is 4.74 Å². The second-order valence-electron chi connectivity index (χ2n) is 8.64. The molecule has 30 heavy (non-hydrogen) atoms. The molecular formula is C29H21O. The molecule has 143 valence electrons.